The highest BCUT2D eigenvalue weighted by Crippen LogP contribution is 2.30. The molecule has 1 fully saturated rings. The van der Waals surface area contributed by atoms with Crippen LogP contribution in [0, 0.1) is 5.92 Å². The van der Waals surface area contributed by atoms with Gasteiger partial charge < -0.3 is 15.0 Å². The number of nitrogens with one attached hydrogen (secondary N) is 1. The van der Waals surface area contributed by atoms with Crippen molar-refractivity contribution in [2.75, 3.05) is 11.9 Å². The van der Waals surface area contributed by atoms with Gasteiger partial charge in [-0.1, -0.05) is 0 Å². The summed E-state index contributed by atoms with van der Waals surface area (Å²) < 4.78 is 29.5. The van der Waals surface area contributed by atoms with E-state index in [1.807, 2.05) is 16.8 Å². The van der Waals surface area contributed by atoms with Gasteiger partial charge in [0.1, 0.15) is 12.1 Å². The molecule has 0 saturated heterocycles. The standard InChI is InChI=1S/C21H23BrN6O5S/c22-16-3-13(6-24-7-16)9-28-2-1-14(10-28)20(30)18-8-25-12-26-21(18)27-17-4-15(19(29)5-17)11-33-34(23,31)32/h1-3,6-8,10,12,15,17,19,29H,4-5,9,11H2,(H2,23,31,32)(H,25,26,27)/t15-,17-,19+/m1/s1. The van der Waals surface area contributed by atoms with Crippen LogP contribution in [-0.2, 0) is 21.0 Å². The van der Waals surface area contributed by atoms with Crippen molar-refractivity contribution in [1.82, 2.24) is 19.5 Å². The fourth-order valence-corrected chi connectivity index (χ4v) is 4.74. The summed E-state index contributed by atoms with van der Waals surface area (Å²) in [6, 6.07) is 3.45. The summed E-state index contributed by atoms with van der Waals surface area (Å²) in [5.41, 5.74) is 1.75. The summed E-state index contributed by atoms with van der Waals surface area (Å²) in [5.74, 6) is -0.325. The van der Waals surface area contributed by atoms with Crippen LogP contribution in [0.5, 0.6) is 0 Å². The fraction of sp³-hybridized carbons (Fsp3) is 0.333. The molecule has 0 amide bonds. The molecule has 0 unspecified atom stereocenters. The number of hydrogen-bond donors (Lipinski definition) is 3. The summed E-state index contributed by atoms with van der Waals surface area (Å²) >= 11 is 3.40. The molecule has 34 heavy (non-hydrogen) atoms. The summed E-state index contributed by atoms with van der Waals surface area (Å²) in [7, 11) is -4.08. The minimum absolute atomic E-state index is 0.214. The molecule has 11 nitrogen and oxygen atoms in total. The molecule has 3 aromatic rings. The largest absolute Gasteiger partial charge is 0.393 e. The first kappa shape index (κ1) is 24.4. The Balaban J connectivity index is 1.44. The van der Waals surface area contributed by atoms with E-state index >= 15 is 0 Å². The molecular formula is C21H23BrN6O5S. The van der Waals surface area contributed by atoms with Crippen LogP contribution in [0.1, 0.15) is 34.3 Å². The molecule has 1 aliphatic carbocycles. The molecule has 4 N–H and O–H groups in total. The van der Waals surface area contributed by atoms with Crippen molar-refractivity contribution < 1.29 is 22.5 Å². The molecule has 0 aromatic carbocycles. The number of aliphatic hydroxyl groups is 1. The quantitative estimate of drug-likeness (QED) is 0.335. The molecule has 180 valence electrons. The molecule has 4 rings (SSSR count). The smallest absolute Gasteiger partial charge is 0.333 e. The number of rotatable bonds is 9. The van der Waals surface area contributed by atoms with E-state index < -0.39 is 22.3 Å². The summed E-state index contributed by atoms with van der Waals surface area (Å²) in [6.07, 6.45) is 9.79. The van der Waals surface area contributed by atoms with Gasteiger partial charge in [-0.25, -0.2) is 15.1 Å². The number of pyridine rings is 1. The minimum atomic E-state index is -4.08. The molecule has 0 bridgehead atoms. The van der Waals surface area contributed by atoms with Crippen LogP contribution in [0.25, 0.3) is 0 Å². The van der Waals surface area contributed by atoms with E-state index in [1.54, 1.807) is 24.7 Å². The Kier molecular flexibility index (Phi) is 7.38. The van der Waals surface area contributed by atoms with Crippen LogP contribution < -0.4 is 10.5 Å². The number of carbonyl (C=O) groups excluding carboxylic acids is 1. The number of halogens is 1. The second-order valence-electron chi connectivity index (χ2n) is 8.12. The van der Waals surface area contributed by atoms with Crippen molar-refractivity contribution in [1.29, 1.82) is 0 Å². The molecule has 1 aliphatic rings. The normalized spacial score (nSPS) is 20.4. The number of carbonyl (C=O) groups is 1. The van der Waals surface area contributed by atoms with E-state index in [2.05, 4.69) is 40.4 Å². The number of aliphatic hydroxyl groups excluding tert-OH is 1. The zero-order valence-electron chi connectivity index (χ0n) is 17.9. The molecule has 0 spiro atoms. The molecule has 0 aliphatic heterocycles. The van der Waals surface area contributed by atoms with Crippen molar-refractivity contribution in [3.05, 3.63) is 70.6 Å². The van der Waals surface area contributed by atoms with Gasteiger partial charge in [0.05, 0.1) is 18.3 Å². The Morgan fingerprint density at radius 3 is 2.88 bits per heavy atom. The van der Waals surface area contributed by atoms with Crippen molar-refractivity contribution in [3.8, 4) is 0 Å². The minimum Gasteiger partial charge on any atom is -0.393 e. The zero-order chi connectivity index (χ0) is 24.3. The molecule has 1 saturated carbocycles. The number of hydrogen-bond acceptors (Lipinski definition) is 9. The number of nitrogens with zero attached hydrogens (tertiary/aromatic N) is 4. The second-order valence-corrected chi connectivity index (χ2v) is 10.3. The summed E-state index contributed by atoms with van der Waals surface area (Å²) in [4.78, 5) is 25.6. The van der Waals surface area contributed by atoms with E-state index in [0.717, 1.165) is 10.0 Å². The highest BCUT2D eigenvalue weighted by molar-refractivity contribution is 9.10. The SMILES string of the molecule is NS(=O)(=O)OC[C@H]1C[C@@H](Nc2ncncc2C(=O)c2ccn(Cc3cncc(Br)c3)c2)C[C@@H]1O. The molecular weight excluding hydrogens is 528 g/mol. The van der Waals surface area contributed by atoms with Crippen LogP contribution in [0.15, 0.2) is 53.9 Å². The predicted molar refractivity (Wildman–Crippen MR) is 126 cm³/mol. The van der Waals surface area contributed by atoms with Crippen LogP contribution in [-0.4, -0.2) is 57.6 Å². The lowest BCUT2D eigenvalue weighted by atomic mass is 10.1. The number of aromatic nitrogens is 4. The van der Waals surface area contributed by atoms with E-state index in [0.29, 0.717) is 36.3 Å². The maximum atomic E-state index is 13.2. The topological polar surface area (TPSA) is 162 Å². The molecule has 13 heteroatoms. The third kappa shape index (κ3) is 6.24. The first-order chi connectivity index (χ1) is 16.2. The van der Waals surface area contributed by atoms with Gasteiger partial charge in [-0.15, -0.1) is 0 Å². The Morgan fingerprint density at radius 2 is 2.12 bits per heavy atom. The highest BCUT2D eigenvalue weighted by Gasteiger charge is 2.34. The maximum Gasteiger partial charge on any atom is 0.333 e. The molecule has 3 aromatic heterocycles. The molecule has 0 radical (unpaired) electrons. The van der Waals surface area contributed by atoms with Gasteiger partial charge in [-0.05, 0) is 46.5 Å². The Bertz CT molecular complexity index is 1280. The van der Waals surface area contributed by atoms with Gasteiger partial charge >= 0.3 is 10.3 Å². The lowest BCUT2D eigenvalue weighted by molar-refractivity contribution is 0.101. The summed E-state index contributed by atoms with van der Waals surface area (Å²) in [6.45, 7) is 0.340. The predicted octanol–water partition coefficient (Wildman–Crippen LogP) is 1.49. The van der Waals surface area contributed by atoms with Gasteiger partial charge in [0.15, 0.2) is 5.78 Å². The third-order valence-corrected chi connectivity index (χ3v) is 6.44. The number of nitrogens with two attached hydrogens (primary N) is 1. The van der Waals surface area contributed by atoms with E-state index in [4.69, 9.17) is 5.14 Å². The first-order valence-corrected chi connectivity index (χ1v) is 12.7. The van der Waals surface area contributed by atoms with Crippen LogP contribution in [0.4, 0.5) is 5.82 Å². The zero-order valence-corrected chi connectivity index (χ0v) is 20.3. The first-order valence-electron chi connectivity index (χ1n) is 10.4. The fourth-order valence-electron chi connectivity index (χ4n) is 3.97. The van der Waals surface area contributed by atoms with E-state index in [-0.39, 0.29) is 18.4 Å². The maximum absolute atomic E-state index is 13.2. The van der Waals surface area contributed by atoms with Gasteiger partial charge in [-0.3, -0.25) is 14.0 Å². The average Bonchev–Trinajstić information content (AvgIpc) is 3.38. The van der Waals surface area contributed by atoms with Crippen molar-refractivity contribution in [2.45, 2.75) is 31.5 Å². The molecule has 3 heterocycles. The average molecular weight is 551 g/mol. The van der Waals surface area contributed by atoms with E-state index in [9.17, 15) is 18.3 Å². The number of anilines is 1. The molecule has 3 atom stereocenters. The van der Waals surface area contributed by atoms with Gasteiger partial charge in [0, 0.05) is 59.5 Å². The van der Waals surface area contributed by atoms with Crippen molar-refractivity contribution in [3.63, 3.8) is 0 Å². The van der Waals surface area contributed by atoms with Crippen molar-refractivity contribution in [2.24, 2.45) is 11.1 Å². The van der Waals surface area contributed by atoms with Gasteiger partial charge in [0.2, 0.25) is 0 Å². The highest BCUT2D eigenvalue weighted by atomic mass is 79.9. The summed E-state index contributed by atoms with van der Waals surface area (Å²) in [5, 5.41) is 18.3. The van der Waals surface area contributed by atoms with Crippen LogP contribution in [0.2, 0.25) is 0 Å². The van der Waals surface area contributed by atoms with Gasteiger partial charge in [0.25, 0.3) is 0 Å². The Hall–Kier alpha value is -2.71. The van der Waals surface area contributed by atoms with Crippen molar-refractivity contribution >= 4 is 37.8 Å². The van der Waals surface area contributed by atoms with Gasteiger partial charge in [-0.2, -0.15) is 8.42 Å². The third-order valence-electron chi connectivity index (χ3n) is 5.54. The van der Waals surface area contributed by atoms with E-state index in [1.165, 1.54) is 12.5 Å². The Morgan fingerprint density at radius 1 is 1.29 bits per heavy atom. The monoisotopic (exact) mass is 550 g/mol. The van der Waals surface area contributed by atoms with Crippen LogP contribution in [0.3, 0.4) is 0 Å². The lowest BCUT2D eigenvalue weighted by Gasteiger charge is -2.15. The Labute approximate surface area is 204 Å². The van der Waals surface area contributed by atoms with Crippen LogP contribution >= 0.6 is 15.9 Å². The lowest BCUT2D eigenvalue weighted by Crippen LogP contribution is -2.24. The second kappa shape index (κ2) is 10.3. The number of ketones is 1.